The number of pyridine rings is 1. The van der Waals surface area contributed by atoms with E-state index in [4.69, 9.17) is 9.26 Å². The lowest BCUT2D eigenvalue weighted by Gasteiger charge is -2.04. The molecule has 0 aliphatic carbocycles. The first-order chi connectivity index (χ1) is 10.3. The summed E-state index contributed by atoms with van der Waals surface area (Å²) >= 11 is 0. The Morgan fingerprint density at radius 3 is 3.10 bits per heavy atom. The summed E-state index contributed by atoms with van der Waals surface area (Å²) < 4.78 is 11.0. The Bertz CT molecular complexity index is 724. The van der Waals surface area contributed by atoms with Crippen molar-refractivity contribution in [2.24, 2.45) is 0 Å². The van der Waals surface area contributed by atoms with Crippen LogP contribution in [0.4, 0.5) is 0 Å². The van der Waals surface area contributed by atoms with Crippen LogP contribution in [0, 0.1) is 0 Å². The van der Waals surface area contributed by atoms with E-state index in [9.17, 15) is 0 Å². The number of ether oxygens (including phenoxy) is 1. The van der Waals surface area contributed by atoms with Crippen LogP contribution >= 0.6 is 0 Å². The fourth-order valence-corrected chi connectivity index (χ4v) is 2.05. The zero-order valence-electron chi connectivity index (χ0n) is 11.9. The molecule has 0 bridgehead atoms. The van der Waals surface area contributed by atoms with E-state index < -0.39 is 0 Å². The third-order valence-corrected chi connectivity index (χ3v) is 3.12. The Kier molecular flexibility index (Phi) is 4.12. The average Bonchev–Trinajstić information content (AvgIpc) is 2.98. The number of hydrogen-bond acceptors (Lipinski definition) is 5. The second-order valence-corrected chi connectivity index (χ2v) is 4.71. The predicted molar refractivity (Wildman–Crippen MR) is 80.0 cm³/mol. The van der Waals surface area contributed by atoms with Crippen LogP contribution in [0.1, 0.15) is 18.4 Å². The van der Waals surface area contributed by atoms with Gasteiger partial charge >= 0.3 is 0 Å². The van der Waals surface area contributed by atoms with Crippen molar-refractivity contribution in [2.75, 3.05) is 6.54 Å². The molecule has 5 heteroatoms. The van der Waals surface area contributed by atoms with E-state index in [-0.39, 0.29) is 0 Å². The highest BCUT2D eigenvalue weighted by atomic mass is 16.5. The average molecular weight is 283 g/mol. The van der Waals surface area contributed by atoms with Gasteiger partial charge in [0.25, 0.3) is 0 Å². The molecule has 0 atom stereocenters. The highest BCUT2D eigenvalue weighted by Gasteiger charge is 2.05. The molecule has 0 spiro atoms. The number of nitrogens with one attached hydrogen (secondary N) is 1. The molecule has 0 aliphatic rings. The molecule has 3 rings (SSSR count). The lowest BCUT2D eigenvalue weighted by molar-refractivity contribution is 0.248. The maximum atomic E-state index is 5.72. The predicted octanol–water partition coefficient (Wildman–Crippen LogP) is 2.91. The molecule has 0 radical (unpaired) electrons. The number of rotatable bonds is 6. The number of hydrogen-bond donors (Lipinski definition) is 1. The van der Waals surface area contributed by atoms with E-state index in [0.29, 0.717) is 18.9 Å². The second kappa shape index (κ2) is 6.37. The smallest absolute Gasteiger partial charge is 0.174 e. The fraction of sp³-hybridized carbons (Fsp3) is 0.250. The summed E-state index contributed by atoms with van der Waals surface area (Å²) in [5.41, 5.74) is 1.80. The minimum absolute atomic E-state index is 0.359. The van der Waals surface area contributed by atoms with Crippen molar-refractivity contribution in [2.45, 2.75) is 20.1 Å². The highest BCUT2D eigenvalue weighted by molar-refractivity contribution is 5.79. The van der Waals surface area contributed by atoms with E-state index >= 15 is 0 Å². The summed E-state index contributed by atoms with van der Waals surface area (Å²) in [5, 5.41) is 8.28. The van der Waals surface area contributed by atoms with E-state index in [1.807, 2.05) is 36.4 Å². The molecule has 0 saturated carbocycles. The minimum atomic E-state index is 0.359. The van der Waals surface area contributed by atoms with Crippen LogP contribution in [-0.4, -0.2) is 16.7 Å². The van der Waals surface area contributed by atoms with Crippen LogP contribution in [0.3, 0.4) is 0 Å². The van der Waals surface area contributed by atoms with Gasteiger partial charge in [-0.3, -0.25) is 4.98 Å². The zero-order valence-corrected chi connectivity index (χ0v) is 11.9. The zero-order chi connectivity index (χ0) is 14.5. The van der Waals surface area contributed by atoms with Gasteiger partial charge in [0, 0.05) is 30.3 Å². The monoisotopic (exact) mass is 283 g/mol. The van der Waals surface area contributed by atoms with Crippen LogP contribution in [0.2, 0.25) is 0 Å². The van der Waals surface area contributed by atoms with Crippen molar-refractivity contribution in [3.05, 3.63) is 54.0 Å². The quantitative estimate of drug-likeness (QED) is 0.753. The van der Waals surface area contributed by atoms with Crippen LogP contribution in [0.15, 0.2) is 47.1 Å². The molecule has 0 amide bonds. The van der Waals surface area contributed by atoms with Gasteiger partial charge in [-0.1, -0.05) is 18.1 Å². The molecule has 21 heavy (non-hydrogen) atoms. The second-order valence-electron chi connectivity index (χ2n) is 4.71. The van der Waals surface area contributed by atoms with Crippen molar-refractivity contribution in [3.63, 3.8) is 0 Å². The molecule has 2 aromatic heterocycles. The van der Waals surface area contributed by atoms with Gasteiger partial charge in [-0.15, -0.1) is 0 Å². The van der Waals surface area contributed by atoms with Gasteiger partial charge in [0.1, 0.15) is 12.4 Å². The SMILES string of the molecule is CCNCc1cc(COc2ccc3cccnc3c2)on1. The molecular weight excluding hydrogens is 266 g/mol. The summed E-state index contributed by atoms with van der Waals surface area (Å²) in [4.78, 5) is 4.31. The van der Waals surface area contributed by atoms with Crippen LogP contribution in [0.5, 0.6) is 5.75 Å². The molecule has 1 aromatic carbocycles. The van der Waals surface area contributed by atoms with Gasteiger partial charge in [0.2, 0.25) is 0 Å². The number of aromatic nitrogens is 2. The molecule has 0 unspecified atom stereocenters. The normalized spacial score (nSPS) is 10.9. The van der Waals surface area contributed by atoms with Gasteiger partial charge in [-0.2, -0.15) is 0 Å². The van der Waals surface area contributed by atoms with E-state index in [1.54, 1.807) is 6.20 Å². The molecule has 2 heterocycles. The number of fused-ring (bicyclic) bond motifs is 1. The molecule has 108 valence electrons. The largest absolute Gasteiger partial charge is 0.485 e. The lowest BCUT2D eigenvalue weighted by Crippen LogP contribution is -2.11. The van der Waals surface area contributed by atoms with Crippen molar-refractivity contribution in [1.29, 1.82) is 0 Å². The minimum Gasteiger partial charge on any atom is -0.485 e. The summed E-state index contributed by atoms with van der Waals surface area (Å²) in [6.45, 7) is 4.03. The summed E-state index contributed by atoms with van der Waals surface area (Å²) in [7, 11) is 0. The van der Waals surface area contributed by atoms with Gasteiger partial charge in [0.05, 0.1) is 11.2 Å². The van der Waals surface area contributed by atoms with Crippen molar-refractivity contribution in [1.82, 2.24) is 15.5 Å². The van der Waals surface area contributed by atoms with Crippen molar-refractivity contribution < 1.29 is 9.26 Å². The maximum Gasteiger partial charge on any atom is 0.174 e. The topological polar surface area (TPSA) is 60.2 Å². The first-order valence-corrected chi connectivity index (χ1v) is 6.98. The first-order valence-electron chi connectivity index (χ1n) is 6.98. The van der Waals surface area contributed by atoms with Gasteiger partial charge in [0.15, 0.2) is 5.76 Å². The molecular formula is C16H17N3O2. The Balaban J connectivity index is 1.64. The molecule has 1 N–H and O–H groups in total. The third-order valence-electron chi connectivity index (χ3n) is 3.12. The van der Waals surface area contributed by atoms with Crippen LogP contribution < -0.4 is 10.1 Å². The summed E-state index contributed by atoms with van der Waals surface area (Å²) in [5.74, 6) is 1.48. The molecule has 3 aromatic rings. The lowest BCUT2D eigenvalue weighted by atomic mass is 10.2. The van der Waals surface area contributed by atoms with E-state index in [1.165, 1.54) is 0 Å². The Labute approximate surface area is 122 Å². The summed E-state index contributed by atoms with van der Waals surface area (Å²) in [6, 6.07) is 11.7. The number of benzene rings is 1. The highest BCUT2D eigenvalue weighted by Crippen LogP contribution is 2.19. The first kappa shape index (κ1) is 13.6. The third kappa shape index (κ3) is 3.38. The fourth-order valence-electron chi connectivity index (χ4n) is 2.05. The maximum absolute atomic E-state index is 5.72. The van der Waals surface area contributed by atoms with Gasteiger partial charge in [-0.05, 0) is 24.7 Å². The van der Waals surface area contributed by atoms with Gasteiger partial charge in [-0.25, -0.2) is 0 Å². The molecule has 0 aliphatic heterocycles. The number of nitrogens with zero attached hydrogens (tertiary/aromatic N) is 2. The Morgan fingerprint density at radius 2 is 2.19 bits per heavy atom. The van der Waals surface area contributed by atoms with E-state index in [2.05, 4.69) is 22.4 Å². The van der Waals surface area contributed by atoms with Crippen molar-refractivity contribution >= 4 is 10.9 Å². The summed E-state index contributed by atoms with van der Waals surface area (Å²) in [6.07, 6.45) is 1.77. The molecule has 0 fully saturated rings. The standard InChI is InChI=1S/C16H17N3O2/c1-2-17-10-13-8-15(21-19-13)11-20-14-6-5-12-4-3-7-18-16(12)9-14/h3-9,17H,2,10-11H2,1H3. The van der Waals surface area contributed by atoms with Gasteiger partial charge < -0.3 is 14.6 Å². The van der Waals surface area contributed by atoms with Crippen molar-refractivity contribution in [3.8, 4) is 5.75 Å². The Morgan fingerprint density at radius 1 is 1.24 bits per heavy atom. The van der Waals surface area contributed by atoms with Crippen LogP contribution in [-0.2, 0) is 13.2 Å². The van der Waals surface area contributed by atoms with Crippen LogP contribution in [0.25, 0.3) is 10.9 Å². The Hall–Kier alpha value is -2.40. The molecule has 5 nitrogen and oxygen atoms in total. The van der Waals surface area contributed by atoms with E-state index in [0.717, 1.165) is 28.9 Å². The molecule has 0 saturated heterocycles.